The van der Waals surface area contributed by atoms with Crippen molar-refractivity contribution >= 4 is 28.6 Å². The zero-order chi connectivity index (χ0) is 13.2. The number of hydrogen-bond donors (Lipinski definition) is 1. The lowest BCUT2D eigenvalue weighted by atomic mass is 9.86. The van der Waals surface area contributed by atoms with Gasteiger partial charge in [-0.15, -0.1) is 11.3 Å². The molecule has 0 fully saturated rings. The highest BCUT2D eigenvalue weighted by molar-refractivity contribution is 7.15. The van der Waals surface area contributed by atoms with Crippen LogP contribution in [0.15, 0.2) is 30.5 Å². The Morgan fingerprint density at radius 2 is 2.00 bits per heavy atom. The first kappa shape index (κ1) is 13.4. The maximum absolute atomic E-state index is 5.87. The van der Waals surface area contributed by atoms with Crippen LogP contribution in [-0.2, 0) is 12.0 Å². The van der Waals surface area contributed by atoms with Gasteiger partial charge in [0.05, 0.1) is 12.7 Å². The second-order valence-corrected chi connectivity index (χ2v) is 6.95. The highest BCUT2D eigenvalue weighted by Gasteiger charge is 2.17. The maximum atomic E-state index is 5.87. The SMILES string of the molecule is CC(C)(C)c1ccccc1NCc1ncc(Cl)s1. The van der Waals surface area contributed by atoms with Gasteiger partial charge in [0.25, 0.3) is 0 Å². The highest BCUT2D eigenvalue weighted by Crippen LogP contribution is 2.29. The first-order chi connectivity index (χ1) is 8.47. The summed E-state index contributed by atoms with van der Waals surface area (Å²) >= 11 is 7.39. The Morgan fingerprint density at radius 3 is 2.61 bits per heavy atom. The van der Waals surface area contributed by atoms with Crippen molar-refractivity contribution in [3.05, 3.63) is 45.4 Å². The van der Waals surface area contributed by atoms with Crippen molar-refractivity contribution in [3.63, 3.8) is 0 Å². The van der Waals surface area contributed by atoms with Gasteiger partial charge in [-0.25, -0.2) is 4.98 Å². The van der Waals surface area contributed by atoms with Crippen molar-refractivity contribution in [2.24, 2.45) is 0 Å². The molecule has 18 heavy (non-hydrogen) atoms. The van der Waals surface area contributed by atoms with Crippen molar-refractivity contribution in [3.8, 4) is 0 Å². The highest BCUT2D eigenvalue weighted by atomic mass is 35.5. The van der Waals surface area contributed by atoms with Gasteiger partial charge < -0.3 is 5.32 Å². The first-order valence-electron chi connectivity index (χ1n) is 5.90. The number of rotatable bonds is 3. The number of hydrogen-bond acceptors (Lipinski definition) is 3. The second kappa shape index (κ2) is 5.29. The van der Waals surface area contributed by atoms with Crippen LogP contribution in [0.25, 0.3) is 0 Å². The predicted molar refractivity (Wildman–Crippen MR) is 79.6 cm³/mol. The lowest BCUT2D eigenvalue weighted by Gasteiger charge is -2.23. The van der Waals surface area contributed by atoms with Crippen LogP contribution in [0.4, 0.5) is 5.69 Å². The van der Waals surface area contributed by atoms with E-state index in [-0.39, 0.29) is 5.41 Å². The van der Waals surface area contributed by atoms with Crippen LogP contribution in [0.3, 0.4) is 0 Å². The fraction of sp³-hybridized carbons (Fsp3) is 0.357. The number of benzene rings is 1. The summed E-state index contributed by atoms with van der Waals surface area (Å²) in [6.07, 6.45) is 1.69. The Bertz CT molecular complexity index is 529. The average Bonchev–Trinajstić information content (AvgIpc) is 2.72. The molecule has 0 atom stereocenters. The summed E-state index contributed by atoms with van der Waals surface area (Å²) in [5, 5.41) is 4.44. The quantitative estimate of drug-likeness (QED) is 0.881. The smallest absolute Gasteiger partial charge is 0.113 e. The summed E-state index contributed by atoms with van der Waals surface area (Å²) in [6.45, 7) is 7.36. The van der Waals surface area contributed by atoms with Crippen molar-refractivity contribution in [2.75, 3.05) is 5.32 Å². The van der Waals surface area contributed by atoms with Gasteiger partial charge in [-0.1, -0.05) is 50.6 Å². The summed E-state index contributed by atoms with van der Waals surface area (Å²) in [5.74, 6) is 0. The predicted octanol–water partition coefficient (Wildman–Crippen LogP) is 4.71. The molecule has 0 aliphatic heterocycles. The molecule has 0 saturated carbocycles. The van der Waals surface area contributed by atoms with Crippen LogP contribution >= 0.6 is 22.9 Å². The molecule has 0 aliphatic carbocycles. The van der Waals surface area contributed by atoms with Gasteiger partial charge in [0.2, 0.25) is 0 Å². The van der Waals surface area contributed by atoms with Crippen molar-refractivity contribution in [2.45, 2.75) is 32.7 Å². The zero-order valence-electron chi connectivity index (χ0n) is 10.8. The van der Waals surface area contributed by atoms with Crippen LogP contribution in [-0.4, -0.2) is 4.98 Å². The molecule has 1 N–H and O–H groups in total. The van der Waals surface area contributed by atoms with Crippen LogP contribution in [0.5, 0.6) is 0 Å². The minimum atomic E-state index is 0.129. The number of thiazole rings is 1. The molecule has 0 radical (unpaired) electrons. The molecule has 2 aromatic rings. The first-order valence-corrected chi connectivity index (χ1v) is 7.10. The third-order valence-electron chi connectivity index (χ3n) is 2.69. The molecule has 96 valence electrons. The fourth-order valence-corrected chi connectivity index (χ4v) is 2.73. The number of anilines is 1. The number of nitrogens with zero attached hydrogens (tertiary/aromatic N) is 1. The Kier molecular flexibility index (Phi) is 3.93. The molecule has 0 bridgehead atoms. The maximum Gasteiger partial charge on any atom is 0.113 e. The van der Waals surface area contributed by atoms with Crippen molar-refractivity contribution in [1.82, 2.24) is 4.98 Å². The molecular weight excluding hydrogens is 264 g/mol. The molecule has 0 spiro atoms. The summed E-state index contributed by atoms with van der Waals surface area (Å²) in [7, 11) is 0. The molecule has 2 rings (SSSR count). The van der Waals surface area contributed by atoms with E-state index < -0.39 is 0 Å². The second-order valence-electron chi connectivity index (χ2n) is 5.21. The Labute approximate surface area is 117 Å². The van der Waals surface area contributed by atoms with Gasteiger partial charge in [0, 0.05) is 5.69 Å². The summed E-state index contributed by atoms with van der Waals surface area (Å²) in [5.41, 5.74) is 2.60. The van der Waals surface area contributed by atoms with Gasteiger partial charge in [0.15, 0.2) is 0 Å². The number of nitrogens with one attached hydrogen (secondary N) is 1. The van der Waals surface area contributed by atoms with Gasteiger partial charge in [-0.05, 0) is 17.0 Å². The molecule has 4 heteroatoms. The monoisotopic (exact) mass is 280 g/mol. The standard InChI is InChI=1S/C14H17ClN2S/c1-14(2,3)10-6-4-5-7-11(10)16-9-13-17-8-12(15)18-13/h4-8,16H,9H2,1-3H3. The van der Waals surface area contributed by atoms with E-state index in [2.05, 4.69) is 49.3 Å². The number of halogens is 1. The van der Waals surface area contributed by atoms with Crippen LogP contribution in [0.1, 0.15) is 31.3 Å². The van der Waals surface area contributed by atoms with Gasteiger partial charge in [-0.3, -0.25) is 0 Å². The normalized spacial score (nSPS) is 11.6. The molecular formula is C14H17ClN2S. The van der Waals surface area contributed by atoms with Crippen molar-refractivity contribution in [1.29, 1.82) is 0 Å². The molecule has 0 unspecified atom stereocenters. The van der Waals surface area contributed by atoms with Gasteiger partial charge >= 0.3 is 0 Å². The van der Waals surface area contributed by atoms with E-state index in [9.17, 15) is 0 Å². The van der Waals surface area contributed by atoms with E-state index in [0.717, 1.165) is 15.0 Å². The molecule has 1 aromatic carbocycles. The molecule has 0 amide bonds. The Balaban J connectivity index is 2.14. The molecule has 0 saturated heterocycles. The summed E-state index contributed by atoms with van der Waals surface area (Å²) in [6, 6.07) is 8.39. The lowest BCUT2D eigenvalue weighted by Crippen LogP contribution is -2.14. The van der Waals surface area contributed by atoms with E-state index in [1.54, 1.807) is 6.20 Å². The van der Waals surface area contributed by atoms with E-state index >= 15 is 0 Å². The Hall–Kier alpha value is -1.06. The number of aromatic nitrogens is 1. The summed E-state index contributed by atoms with van der Waals surface area (Å²) < 4.78 is 0.732. The third-order valence-corrected chi connectivity index (χ3v) is 3.81. The molecule has 1 aromatic heterocycles. The topological polar surface area (TPSA) is 24.9 Å². The summed E-state index contributed by atoms with van der Waals surface area (Å²) in [4.78, 5) is 4.25. The minimum Gasteiger partial charge on any atom is -0.378 e. The van der Waals surface area contributed by atoms with Crippen LogP contribution in [0, 0.1) is 0 Å². The van der Waals surface area contributed by atoms with E-state index in [4.69, 9.17) is 11.6 Å². The number of para-hydroxylation sites is 1. The van der Waals surface area contributed by atoms with Crippen molar-refractivity contribution < 1.29 is 0 Å². The van der Waals surface area contributed by atoms with Gasteiger partial charge in [-0.2, -0.15) is 0 Å². The van der Waals surface area contributed by atoms with E-state index in [1.165, 1.54) is 16.9 Å². The van der Waals surface area contributed by atoms with E-state index in [0.29, 0.717) is 6.54 Å². The molecule has 2 nitrogen and oxygen atoms in total. The zero-order valence-corrected chi connectivity index (χ0v) is 12.4. The average molecular weight is 281 g/mol. The largest absolute Gasteiger partial charge is 0.378 e. The molecule has 1 heterocycles. The molecule has 0 aliphatic rings. The Morgan fingerprint density at radius 1 is 1.28 bits per heavy atom. The fourth-order valence-electron chi connectivity index (χ4n) is 1.83. The third kappa shape index (κ3) is 3.24. The van der Waals surface area contributed by atoms with Gasteiger partial charge in [0.1, 0.15) is 9.34 Å². The lowest BCUT2D eigenvalue weighted by molar-refractivity contribution is 0.591. The minimum absolute atomic E-state index is 0.129. The van der Waals surface area contributed by atoms with Crippen LogP contribution in [0.2, 0.25) is 4.34 Å². The van der Waals surface area contributed by atoms with Crippen LogP contribution < -0.4 is 5.32 Å². The van der Waals surface area contributed by atoms with E-state index in [1.807, 2.05) is 6.07 Å².